The van der Waals surface area contributed by atoms with E-state index in [2.05, 4.69) is 10.2 Å². The van der Waals surface area contributed by atoms with Crippen molar-refractivity contribution in [3.63, 3.8) is 0 Å². The standard InChI is InChI=1S/C17H26N2O4/c1-3-23-16-6-4-5-13(7-16)9-19-10-14(8-15(19)11-20)18-17(21)12-22-2/h4-7,14-15,20H,3,8-12H2,1-2H3,(H,18,21)/t14-,15-/m0/s1. The highest BCUT2D eigenvalue weighted by Crippen LogP contribution is 2.22. The van der Waals surface area contributed by atoms with Gasteiger partial charge in [-0.15, -0.1) is 0 Å². The first-order valence-electron chi connectivity index (χ1n) is 8.01. The second kappa shape index (κ2) is 8.86. The molecule has 0 radical (unpaired) electrons. The Hall–Kier alpha value is -1.63. The number of nitrogens with one attached hydrogen (secondary N) is 1. The monoisotopic (exact) mass is 322 g/mol. The van der Waals surface area contributed by atoms with Gasteiger partial charge in [0.05, 0.1) is 13.2 Å². The molecule has 0 spiro atoms. The van der Waals surface area contributed by atoms with Gasteiger partial charge in [0.25, 0.3) is 0 Å². The smallest absolute Gasteiger partial charge is 0.246 e. The highest BCUT2D eigenvalue weighted by atomic mass is 16.5. The molecule has 6 nitrogen and oxygen atoms in total. The molecular formula is C17H26N2O4. The number of aliphatic hydroxyl groups excluding tert-OH is 1. The number of likely N-dealkylation sites (tertiary alicyclic amines) is 1. The molecule has 2 atom stereocenters. The maximum atomic E-state index is 11.6. The topological polar surface area (TPSA) is 71.0 Å². The molecule has 1 aliphatic heterocycles. The summed E-state index contributed by atoms with van der Waals surface area (Å²) in [5.74, 6) is 0.740. The molecule has 1 fully saturated rings. The number of carbonyl (C=O) groups is 1. The Morgan fingerprint density at radius 2 is 2.30 bits per heavy atom. The van der Waals surface area contributed by atoms with Crippen molar-refractivity contribution in [1.82, 2.24) is 10.2 Å². The Morgan fingerprint density at radius 1 is 1.48 bits per heavy atom. The zero-order chi connectivity index (χ0) is 16.7. The molecule has 0 bridgehead atoms. The summed E-state index contributed by atoms with van der Waals surface area (Å²) in [6, 6.07) is 8.09. The van der Waals surface area contributed by atoms with Gasteiger partial charge in [0, 0.05) is 32.3 Å². The molecular weight excluding hydrogens is 296 g/mol. The van der Waals surface area contributed by atoms with E-state index in [4.69, 9.17) is 9.47 Å². The van der Waals surface area contributed by atoms with Crippen LogP contribution < -0.4 is 10.1 Å². The summed E-state index contributed by atoms with van der Waals surface area (Å²) >= 11 is 0. The molecule has 1 saturated heterocycles. The molecule has 6 heteroatoms. The normalized spacial score (nSPS) is 21.3. The van der Waals surface area contributed by atoms with Crippen LogP contribution in [0.4, 0.5) is 0 Å². The van der Waals surface area contributed by atoms with Gasteiger partial charge in [0.15, 0.2) is 0 Å². The summed E-state index contributed by atoms with van der Waals surface area (Å²) in [6.07, 6.45) is 0.747. The molecule has 1 heterocycles. The van der Waals surface area contributed by atoms with Crippen molar-refractivity contribution in [3.05, 3.63) is 29.8 Å². The minimum absolute atomic E-state index is 0.0462. The highest BCUT2D eigenvalue weighted by Gasteiger charge is 2.32. The van der Waals surface area contributed by atoms with Gasteiger partial charge in [-0.1, -0.05) is 12.1 Å². The molecule has 1 aromatic rings. The first-order chi connectivity index (χ1) is 11.2. The lowest BCUT2D eigenvalue weighted by atomic mass is 10.1. The van der Waals surface area contributed by atoms with Crippen molar-refractivity contribution in [2.75, 3.05) is 33.5 Å². The van der Waals surface area contributed by atoms with E-state index >= 15 is 0 Å². The van der Waals surface area contributed by atoms with Crippen LogP contribution in [0.1, 0.15) is 18.9 Å². The Labute approximate surface area is 137 Å². The first kappa shape index (κ1) is 17.7. The predicted octanol–water partition coefficient (Wildman–Crippen LogP) is 0.783. The molecule has 0 unspecified atom stereocenters. The predicted molar refractivity (Wildman–Crippen MR) is 87.3 cm³/mol. The largest absolute Gasteiger partial charge is 0.494 e. The van der Waals surface area contributed by atoms with Crippen LogP contribution in [0, 0.1) is 0 Å². The summed E-state index contributed by atoms with van der Waals surface area (Å²) in [5, 5.41) is 12.6. The van der Waals surface area contributed by atoms with E-state index in [1.165, 1.54) is 7.11 Å². The summed E-state index contributed by atoms with van der Waals surface area (Å²) < 4.78 is 10.4. The van der Waals surface area contributed by atoms with Crippen molar-refractivity contribution in [2.45, 2.75) is 32.0 Å². The van der Waals surface area contributed by atoms with E-state index < -0.39 is 0 Å². The second-order valence-electron chi connectivity index (χ2n) is 5.78. The number of ether oxygens (including phenoxy) is 2. The lowest BCUT2D eigenvalue weighted by Crippen LogP contribution is -2.38. The molecule has 0 aromatic heterocycles. The number of amides is 1. The van der Waals surface area contributed by atoms with Gasteiger partial charge in [0.1, 0.15) is 12.4 Å². The van der Waals surface area contributed by atoms with Crippen molar-refractivity contribution >= 4 is 5.91 Å². The van der Waals surface area contributed by atoms with E-state index in [1.54, 1.807) is 0 Å². The van der Waals surface area contributed by atoms with Crippen molar-refractivity contribution < 1.29 is 19.4 Å². The van der Waals surface area contributed by atoms with E-state index in [0.717, 1.165) is 30.8 Å². The van der Waals surface area contributed by atoms with Crippen molar-refractivity contribution in [2.24, 2.45) is 0 Å². The third kappa shape index (κ3) is 5.20. The van der Waals surface area contributed by atoms with Gasteiger partial charge >= 0.3 is 0 Å². The SMILES string of the molecule is CCOc1cccc(CN2C[C@@H](NC(=O)COC)C[C@H]2CO)c1. The zero-order valence-electron chi connectivity index (χ0n) is 13.8. The fourth-order valence-electron chi connectivity index (χ4n) is 3.01. The van der Waals surface area contributed by atoms with Crippen LogP contribution in [-0.4, -0.2) is 61.5 Å². The molecule has 2 rings (SSSR count). The Morgan fingerprint density at radius 3 is 3.00 bits per heavy atom. The quantitative estimate of drug-likeness (QED) is 0.740. The average Bonchev–Trinajstić information content (AvgIpc) is 2.89. The van der Waals surface area contributed by atoms with Gasteiger partial charge in [-0.2, -0.15) is 0 Å². The van der Waals surface area contributed by atoms with Crippen LogP contribution in [0.25, 0.3) is 0 Å². The molecule has 128 valence electrons. The fraction of sp³-hybridized carbons (Fsp3) is 0.588. The van der Waals surface area contributed by atoms with Gasteiger partial charge in [-0.05, 0) is 31.0 Å². The minimum Gasteiger partial charge on any atom is -0.494 e. The van der Waals surface area contributed by atoms with Gasteiger partial charge < -0.3 is 19.9 Å². The Balaban J connectivity index is 1.95. The van der Waals surface area contributed by atoms with Gasteiger partial charge in [-0.25, -0.2) is 0 Å². The number of rotatable bonds is 8. The Bertz CT molecular complexity index is 509. The zero-order valence-corrected chi connectivity index (χ0v) is 13.8. The number of hydrogen-bond donors (Lipinski definition) is 2. The molecule has 2 N–H and O–H groups in total. The lowest BCUT2D eigenvalue weighted by molar-refractivity contribution is -0.125. The van der Waals surface area contributed by atoms with Crippen LogP contribution in [-0.2, 0) is 16.1 Å². The molecule has 0 aliphatic carbocycles. The molecule has 1 amide bonds. The van der Waals surface area contributed by atoms with E-state index in [1.807, 2.05) is 31.2 Å². The first-order valence-corrected chi connectivity index (χ1v) is 8.01. The summed E-state index contributed by atoms with van der Waals surface area (Å²) in [5.41, 5.74) is 1.14. The summed E-state index contributed by atoms with van der Waals surface area (Å²) in [6.45, 7) is 4.20. The summed E-state index contributed by atoms with van der Waals surface area (Å²) in [4.78, 5) is 13.8. The maximum absolute atomic E-state index is 11.6. The van der Waals surface area contributed by atoms with Crippen molar-refractivity contribution in [1.29, 1.82) is 0 Å². The third-order valence-corrected chi connectivity index (χ3v) is 3.97. The summed E-state index contributed by atoms with van der Waals surface area (Å²) in [7, 11) is 1.50. The maximum Gasteiger partial charge on any atom is 0.246 e. The fourth-order valence-corrected chi connectivity index (χ4v) is 3.01. The van der Waals surface area contributed by atoms with Crippen LogP contribution in [0.3, 0.4) is 0 Å². The molecule has 1 aliphatic rings. The number of benzene rings is 1. The van der Waals surface area contributed by atoms with E-state index in [9.17, 15) is 9.90 Å². The second-order valence-corrected chi connectivity index (χ2v) is 5.78. The van der Waals surface area contributed by atoms with Crippen LogP contribution >= 0.6 is 0 Å². The average molecular weight is 322 g/mol. The number of methoxy groups -OCH3 is 1. The van der Waals surface area contributed by atoms with Gasteiger partial charge in [-0.3, -0.25) is 9.69 Å². The number of nitrogens with zero attached hydrogens (tertiary/aromatic N) is 1. The van der Waals surface area contributed by atoms with Crippen molar-refractivity contribution in [3.8, 4) is 5.75 Å². The van der Waals surface area contributed by atoms with Crippen LogP contribution in [0.5, 0.6) is 5.75 Å². The molecule has 1 aromatic carbocycles. The lowest BCUT2D eigenvalue weighted by Gasteiger charge is -2.22. The highest BCUT2D eigenvalue weighted by molar-refractivity contribution is 5.77. The van der Waals surface area contributed by atoms with Crippen LogP contribution in [0.15, 0.2) is 24.3 Å². The number of carbonyl (C=O) groups excluding carboxylic acids is 1. The van der Waals surface area contributed by atoms with E-state index in [0.29, 0.717) is 6.61 Å². The third-order valence-electron chi connectivity index (χ3n) is 3.97. The number of aliphatic hydroxyl groups is 1. The Kier molecular flexibility index (Phi) is 6.83. The minimum atomic E-state index is -0.116. The molecule has 0 saturated carbocycles. The van der Waals surface area contributed by atoms with Crippen LogP contribution in [0.2, 0.25) is 0 Å². The number of hydrogen-bond acceptors (Lipinski definition) is 5. The van der Waals surface area contributed by atoms with E-state index in [-0.39, 0.29) is 31.2 Å². The van der Waals surface area contributed by atoms with Gasteiger partial charge in [0.2, 0.25) is 5.91 Å². The molecule has 23 heavy (non-hydrogen) atoms.